The van der Waals surface area contributed by atoms with Gasteiger partial charge in [0.2, 0.25) is 5.91 Å². The third-order valence-corrected chi connectivity index (χ3v) is 5.75. The zero-order valence-electron chi connectivity index (χ0n) is 14.9. The summed E-state index contributed by atoms with van der Waals surface area (Å²) in [6.45, 7) is 0. The zero-order valence-corrected chi connectivity index (χ0v) is 15.7. The highest BCUT2D eigenvalue weighted by Gasteiger charge is 2.20. The van der Waals surface area contributed by atoms with Gasteiger partial charge in [0.15, 0.2) is 0 Å². The Bertz CT molecular complexity index is 1110. The molecule has 0 saturated heterocycles. The third kappa shape index (κ3) is 3.99. The molecule has 1 aliphatic heterocycles. The van der Waals surface area contributed by atoms with E-state index in [4.69, 9.17) is 4.74 Å². The zero-order chi connectivity index (χ0) is 19.6. The maximum absolute atomic E-state index is 12.7. The summed E-state index contributed by atoms with van der Waals surface area (Å²) in [7, 11) is -3.74. The van der Waals surface area contributed by atoms with Crippen LogP contribution in [0.5, 0.6) is 11.5 Å². The van der Waals surface area contributed by atoms with Gasteiger partial charge in [-0.05, 0) is 66.6 Å². The molecule has 0 spiro atoms. The van der Waals surface area contributed by atoms with Crippen LogP contribution in [0.15, 0.2) is 77.7 Å². The molecule has 0 fully saturated rings. The first kappa shape index (κ1) is 18.1. The second-order valence-electron chi connectivity index (χ2n) is 6.41. The van der Waals surface area contributed by atoms with Crippen molar-refractivity contribution in [2.45, 2.75) is 17.7 Å². The molecule has 0 aliphatic carbocycles. The van der Waals surface area contributed by atoms with Gasteiger partial charge in [-0.15, -0.1) is 0 Å². The smallest absolute Gasteiger partial charge is 0.261 e. The normalized spacial score (nSPS) is 13.4. The lowest BCUT2D eigenvalue weighted by Crippen LogP contribution is -2.20. The first-order valence-electron chi connectivity index (χ1n) is 8.78. The van der Waals surface area contributed by atoms with E-state index in [-0.39, 0.29) is 10.8 Å². The van der Waals surface area contributed by atoms with E-state index in [9.17, 15) is 13.2 Å². The van der Waals surface area contributed by atoms with E-state index < -0.39 is 10.0 Å². The van der Waals surface area contributed by atoms with Crippen molar-refractivity contribution in [2.75, 3.05) is 10.0 Å². The van der Waals surface area contributed by atoms with Crippen molar-refractivity contribution in [3.63, 3.8) is 0 Å². The van der Waals surface area contributed by atoms with Crippen LogP contribution in [0.3, 0.4) is 0 Å². The van der Waals surface area contributed by atoms with Crippen LogP contribution in [0.25, 0.3) is 0 Å². The maximum Gasteiger partial charge on any atom is 0.261 e. The minimum Gasteiger partial charge on any atom is -0.457 e. The number of hydrogen-bond acceptors (Lipinski definition) is 4. The highest BCUT2D eigenvalue weighted by Crippen LogP contribution is 2.27. The Kier molecular flexibility index (Phi) is 4.75. The van der Waals surface area contributed by atoms with Gasteiger partial charge in [-0.1, -0.05) is 18.2 Å². The molecule has 0 saturated carbocycles. The van der Waals surface area contributed by atoms with E-state index >= 15 is 0 Å². The molecule has 1 heterocycles. The lowest BCUT2D eigenvalue weighted by molar-refractivity contribution is -0.116. The summed E-state index contributed by atoms with van der Waals surface area (Å²) in [5, 5.41) is 2.75. The maximum atomic E-state index is 12.7. The van der Waals surface area contributed by atoms with Crippen LogP contribution < -0.4 is 14.8 Å². The molecule has 28 heavy (non-hydrogen) atoms. The minimum atomic E-state index is -3.74. The fourth-order valence-electron chi connectivity index (χ4n) is 2.96. The molecule has 4 rings (SSSR count). The molecule has 1 aliphatic rings. The SMILES string of the molecule is O=C1CCc2cc(S(=O)(=O)Nc3ccc(Oc4ccccc4)cc3)ccc2N1. The topological polar surface area (TPSA) is 84.5 Å². The van der Waals surface area contributed by atoms with Gasteiger partial charge < -0.3 is 10.1 Å². The van der Waals surface area contributed by atoms with Crippen LogP contribution in [0.1, 0.15) is 12.0 Å². The molecule has 2 N–H and O–H groups in total. The van der Waals surface area contributed by atoms with E-state index in [1.807, 2.05) is 30.3 Å². The number of sulfonamides is 1. The molecular formula is C21H18N2O4S. The number of carbonyl (C=O) groups excluding carboxylic acids is 1. The van der Waals surface area contributed by atoms with Crippen LogP contribution in [0.2, 0.25) is 0 Å². The lowest BCUT2D eigenvalue weighted by atomic mass is 10.0. The van der Waals surface area contributed by atoms with Gasteiger partial charge >= 0.3 is 0 Å². The molecule has 0 atom stereocenters. The molecule has 142 valence electrons. The standard InChI is InChI=1S/C21H18N2O4S/c24-21-13-6-15-14-19(11-12-20(15)22-21)28(25,26)23-16-7-9-18(10-8-16)27-17-4-2-1-3-5-17/h1-5,7-12,14,23H,6,13H2,(H,22,24). The first-order valence-corrected chi connectivity index (χ1v) is 10.3. The average Bonchev–Trinajstić information content (AvgIpc) is 2.69. The van der Waals surface area contributed by atoms with Crippen LogP contribution in [-0.4, -0.2) is 14.3 Å². The Labute approximate surface area is 163 Å². The number of anilines is 2. The van der Waals surface area contributed by atoms with Crippen LogP contribution >= 0.6 is 0 Å². The van der Waals surface area contributed by atoms with E-state index in [1.54, 1.807) is 36.4 Å². The van der Waals surface area contributed by atoms with Crippen LogP contribution in [0, 0.1) is 0 Å². The van der Waals surface area contributed by atoms with Gasteiger partial charge in [0, 0.05) is 17.8 Å². The van der Waals surface area contributed by atoms with Crippen molar-refractivity contribution in [1.82, 2.24) is 0 Å². The van der Waals surface area contributed by atoms with Crippen molar-refractivity contribution in [3.8, 4) is 11.5 Å². The molecular weight excluding hydrogens is 376 g/mol. The Balaban J connectivity index is 1.49. The summed E-state index contributed by atoms with van der Waals surface area (Å²) in [5.41, 5.74) is 1.91. The minimum absolute atomic E-state index is 0.0564. The molecule has 6 nitrogen and oxygen atoms in total. The molecule has 0 aromatic heterocycles. The number of hydrogen-bond donors (Lipinski definition) is 2. The summed E-state index contributed by atoms with van der Waals surface area (Å²) >= 11 is 0. The first-order chi connectivity index (χ1) is 13.5. The van der Waals surface area contributed by atoms with E-state index in [2.05, 4.69) is 10.0 Å². The quantitative estimate of drug-likeness (QED) is 0.680. The second kappa shape index (κ2) is 7.36. The van der Waals surface area contributed by atoms with E-state index in [0.29, 0.717) is 35.7 Å². The van der Waals surface area contributed by atoms with Gasteiger partial charge in [-0.25, -0.2) is 8.42 Å². The summed E-state index contributed by atoms with van der Waals surface area (Å²) in [6, 6.07) is 20.7. The van der Waals surface area contributed by atoms with Crippen molar-refractivity contribution >= 4 is 27.3 Å². The average molecular weight is 394 g/mol. The van der Waals surface area contributed by atoms with Gasteiger partial charge in [0.25, 0.3) is 10.0 Å². The van der Waals surface area contributed by atoms with Crippen molar-refractivity contribution in [3.05, 3.63) is 78.4 Å². The Morgan fingerprint density at radius 2 is 1.57 bits per heavy atom. The number of nitrogens with one attached hydrogen (secondary N) is 2. The summed E-state index contributed by atoms with van der Waals surface area (Å²) in [5.74, 6) is 1.26. The Morgan fingerprint density at radius 1 is 0.857 bits per heavy atom. The number of para-hydroxylation sites is 1. The van der Waals surface area contributed by atoms with Gasteiger partial charge in [-0.3, -0.25) is 9.52 Å². The highest BCUT2D eigenvalue weighted by molar-refractivity contribution is 7.92. The molecule has 1 amide bonds. The predicted octanol–water partition coefficient (Wildman–Crippen LogP) is 4.16. The summed E-state index contributed by atoms with van der Waals surface area (Å²) < 4.78 is 33.7. The molecule has 0 radical (unpaired) electrons. The number of rotatable bonds is 5. The van der Waals surface area contributed by atoms with Gasteiger partial charge in [0.1, 0.15) is 11.5 Å². The fraction of sp³-hybridized carbons (Fsp3) is 0.0952. The Hall–Kier alpha value is -3.32. The fourth-order valence-corrected chi connectivity index (χ4v) is 4.07. The van der Waals surface area contributed by atoms with E-state index in [0.717, 1.165) is 5.56 Å². The highest BCUT2D eigenvalue weighted by atomic mass is 32.2. The number of aryl methyl sites for hydroxylation is 1. The third-order valence-electron chi connectivity index (χ3n) is 4.37. The second-order valence-corrected chi connectivity index (χ2v) is 8.09. The number of benzene rings is 3. The van der Waals surface area contributed by atoms with Crippen molar-refractivity contribution in [1.29, 1.82) is 0 Å². The van der Waals surface area contributed by atoms with Crippen molar-refractivity contribution < 1.29 is 17.9 Å². The van der Waals surface area contributed by atoms with Crippen LogP contribution in [0.4, 0.5) is 11.4 Å². The molecule has 0 unspecified atom stereocenters. The van der Waals surface area contributed by atoms with Crippen molar-refractivity contribution in [2.24, 2.45) is 0 Å². The monoisotopic (exact) mass is 394 g/mol. The van der Waals surface area contributed by atoms with E-state index in [1.165, 1.54) is 6.07 Å². The molecule has 7 heteroatoms. The predicted molar refractivity (Wildman–Crippen MR) is 107 cm³/mol. The van der Waals surface area contributed by atoms with Gasteiger partial charge in [-0.2, -0.15) is 0 Å². The van der Waals surface area contributed by atoms with Crippen LogP contribution in [-0.2, 0) is 21.2 Å². The number of amides is 1. The number of fused-ring (bicyclic) bond motifs is 1. The molecule has 3 aromatic carbocycles. The largest absolute Gasteiger partial charge is 0.457 e. The Morgan fingerprint density at radius 3 is 2.32 bits per heavy atom. The lowest BCUT2D eigenvalue weighted by Gasteiger charge is -2.18. The molecule has 3 aromatic rings. The number of ether oxygens (including phenoxy) is 1. The van der Waals surface area contributed by atoms with Gasteiger partial charge in [0.05, 0.1) is 4.90 Å². The summed E-state index contributed by atoms with van der Waals surface area (Å²) in [6.07, 6.45) is 0.878. The summed E-state index contributed by atoms with van der Waals surface area (Å²) in [4.78, 5) is 11.6. The number of carbonyl (C=O) groups is 1. The molecule has 0 bridgehead atoms.